The number of nitrogens with zero attached hydrogens (tertiary/aromatic N) is 6. The molecule has 8 nitrogen and oxygen atoms in total. The fourth-order valence-corrected chi connectivity index (χ4v) is 3.67. The first-order chi connectivity index (χ1) is 15.4. The van der Waals surface area contributed by atoms with Crippen molar-refractivity contribution >= 4 is 11.4 Å². The van der Waals surface area contributed by atoms with Gasteiger partial charge in [0.25, 0.3) is 0 Å². The number of imidazole rings is 2. The molecule has 4 heterocycles. The van der Waals surface area contributed by atoms with Gasteiger partial charge in [0, 0.05) is 12.6 Å². The molecule has 0 N–H and O–H groups in total. The Morgan fingerprint density at radius 3 is 2.59 bits per heavy atom. The van der Waals surface area contributed by atoms with Gasteiger partial charge < -0.3 is 9.09 Å². The number of rotatable bonds is 5. The Balaban J connectivity index is 1.53. The number of aromatic nitrogens is 6. The number of Topliss-reactive ketones (excluding diaryl/α,β-unsaturated/α-hetero) is 1. The molecule has 9 heteroatoms. The first-order valence-electron chi connectivity index (χ1n) is 10.00. The van der Waals surface area contributed by atoms with Crippen LogP contribution in [0.2, 0.25) is 0 Å². The van der Waals surface area contributed by atoms with Crippen LogP contribution >= 0.6 is 0 Å². The zero-order valence-corrected chi connectivity index (χ0v) is 17.7. The molecule has 160 valence electrons. The van der Waals surface area contributed by atoms with Crippen molar-refractivity contribution in [3.63, 3.8) is 0 Å². The van der Waals surface area contributed by atoms with Gasteiger partial charge in [0.1, 0.15) is 23.6 Å². The Hall–Kier alpha value is -4.14. The van der Waals surface area contributed by atoms with Crippen LogP contribution in [-0.2, 0) is 13.5 Å². The number of hydrogen-bond acceptors (Lipinski definition) is 6. The molecule has 0 unspecified atom stereocenters. The van der Waals surface area contributed by atoms with E-state index in [-0.39, 0.29) is 18.0 Å². The van der Waals surface area contributed by atoms with Crippen molar-refractivity contribution in [2.75, 3.05) is 0 Å². The lowest BCUT2D eigenvalue weighted by Gasteiger charge is -2.07. The summed E-state index contributed by atoms with van der Waals surface area (Å²) in [6, 6.07) is 9.94. The van der Waals surface area contributed by atoms with Crippen molar-refractivity contribution in [3.05, 3.63) is 77.5 Å². The molecule has 0 saturated carbocycles. The van der Waals surface area contributed by atoms with E-state index in [9.17, 15) is 9.18 Å². The second-order valence-electron chi connectivity index (χ2n) is 7.59. The maximum atomic E-state index is 13.4. The summed E-state index contributed by atoms with van der Waals surface area (Å²) in [6.45, 7) is 3.63. The number of hydrogen-bond donors (Lipinski definition) is 0. The van der Waals surface area contributed by atoms with Crippen LogP contribution < -0.4 is 0 Å². The van der Waals surface area contributed by atoms with Crippen LogP contribution in [0.5, 0.6) is 0 Å². The monoisotopic (exact) mass is 430 g/mol. The highest BCUT2D eigenvalue weighted by Crippen LogP contribution is 2.31. The van der Waals surface area contributed by atoms with Crippen molar-refractivity contribution in [2.45, 2.75) is 20.3 Å². The van der Waals surface area contributed by atoms with E-state index >= 15 is 0 Å². The predicted molar refractivity (Wildman–Crippen MR) is 115 cm³/mol. The number of aryl methyl sites for hydroxylation is 2. The van der Waals surface area contributed by atoms with Gasteiger partial charge in [-0.2, -0.15) is 5.10 Å². The predicted octanol–water partition coefficient (Wildman–Crippen LogP) is 3.97. The first-order valence-corrected chi connectivity index (χ1v) is 10.00. The normalized spacial score (nSPS) is 11.4. The zero-order chi connectivity index (χ0) is 22.4. The van der Waals surface area contributed by atoms with Gasteiger partial charge in [-0.25, -0.2) is 18.9 Å². The van der Waals surface area contributed by atoms with Crippen LogP contribution in [0, 0.1) is 19.7 Å². The zero-order valence-electron chi connectivity index (χ0n) is 17.7. The van der Waals surface area contributed by atoms with Crippen molar-refractivity contribution in [2.24, 2.45) is 7.05 Å². The average Bonchev–Trinajstić information content (AvgIpc) is 3.45. The van der Waals surface area contributed by atoms with E-state index in [4.69, 9.17) is 9.62 Å². The second-order valence-corrected chi connectivity index (χ2v) is 7.59. The molecule has 0 amide bonds. The molecule has 0 radical (unpaired) electrons. The van der Waals surface area contributed by atoms with Crippen LogP contribution in [0.3, 0.4) is 0 Å². The minimum Gasteiger partial charge on any atom is -0.364 e. The fraction of sp³-hybridized carbons (Fsp3) is 0.174. The third kappa shape index (κ3) is 3.37. The van der Waals surface area contributed by atoms with E-state index in [0.29, 0.717) is 28.3 Å². The van der Waals surface area contributed by atoms with Crippen LogP contribution in [0.1, 0.15) is 27.6 Å². The molecule has 0 bridgehead atoms. The molecular formula is C23H19FN6O2. The number of fused-ring (bicyclic) bond motifs is 1. The number of halogens is 1. The Labute approximate surface area is 182 Å². The molecule has 4 aromatic heterocycles. The van der Waals surface area contributed by atoms with Gasteiger partial charge >= 0.3 is 0 Å². The van der Waals surface area contributed by atoms with Gasteiger partial charge in [-0.1, -0.05) is 5.16 Å². The Morgan fingerprint density at radius 1 is 1.09 bits per heavy atom. The molecule has 32 heavy (non-hydrogen) atoms. The Bertz CT molecular complexity index is 1460. The molecule has 5 rings (SSSR count). The molecule has 0 fully saturated rings. The maximum Gasteiger partial charge on any atom is 0.174 e. The molecule has 0 saturated heterocycles. The van der Waals surface area contributed by atoms with Gasteiger partial charge in [0.05, 0.1) is 41.0 Å². The van der Waals surface area contributed by atoms with Crippen molar-refractivity contribution in [3.8, 4) is 22.6 Å². The van der Waals surface area contributed by atoms with Gasteiger partial charge in [-0.05, 0) is 50.2 Å². The standard InChI is InChI=1S/C23H19FN6O2/c1-13-18(12-32-28-13)20(31)10-17-11-30-21(26-17)9-8-19(27-30)23-22(25-14(2)29(23)3)15-4-6-16(24)7-5-15/h4-9,11-12H,10H2,1-3H3. The summed E-state index contributed by atoms with van der Waals surface area (Å²) in [7, 11) is 1.91. The molecule has 1 aromatic carbocycles. The lowest BCUT2D eigenvalue weighted by Crippen LogP contribution is -2.04. The summed E-state index contributed by atoms with van der Waals surface area (Å²) < 4.78 is 21.9. The number of carbonyl (C=O) groups is 1. The minimum atomic E-state index is -0.301. The smallest absolute Gasteiger partial charge is 0.174 e. The summed E-state index contributed by atoms with van der Waals surface area (Å²) in [5, 5.41) is 8.46. The summed E-state index contributed by atoms with van der Waals surface area (Å²) in [5.41, 5.74) is 5.24. The van der Waals surface area contributed by atoms with Crippen LogP contribution in [-0.4, -0.2) is 35.1 Å². The van der Waals surface area contributed by atoms with Crippen molar-refractivity contribution < 1.29 is 13.7 Å². The Morgan fingerprint density at radius 2 is 1.88 bits per heavy atom. The number of carbonyl (C=O) groups excluding carboxylic acids is 1. The van der Waals surface area contributed by atoms with Gasteiger partial charge in [0.2, 0.25) is 0 Å². The SMILES string of the molecule is Cc1nocc1C(=O)Cc1cn2nc(-c3c(-c4ccc(F)cc4)nc(C)n3C)ccc2n1. The van der Waals surface area contributed by atoms with Crippen LogP contribution in [0.4, 0.5) is 4.39 Å². The topological polar surface area (TPSA) is 91.1 Å². The fourth-order valence-electron chi connectivity index (χ4n) is 3.67. The molecule has 0 aliphatic carbocycles. The number of ketones is 1. The van der Waals surface area contributed by atoms with Gasteiger partial charge in [-0.3, -0.25) is 4.79 Å². The number of benzene rings is 1. The van der Waals surface area contributed by atoms with E-state index in [1.807, 2.05) is 30.7 Å². The molecule has 0 atom stereocenters. The summed E-state index contributed by atoms with van der Waals surface area (Å²) in [6.07, 6.45) is 3.21. The molecule has 0 aliphatic rings. The lowest BCUT2D eigenvalue weighted by atomic mass is 10.1. The van der Waals surface area contributed by atoms with Gasteiger partial charge in [-0.15, -0.1) is 0 Å². The van der Waals surface area contributed by atoms with Crippen molar-refractivity contribution in [1.29, 1.82) is 0 Å². The van der Waals surface area contributed by atoms with Gasteiger partial charge in [0.15, 0.2) is 11.4 Å². The van der Waals surface area contributed by atoms with E-state index in [0.717, 1.165) is 22.8 Å². The van der Waals surface area contributed by atoms with E-state index in [1.54, 1.807) is 29.8 Å². The van der Waals surface area contributed by atoms with Crippen LogP contribution in [0.15, 0.2) is 53.4 Å². The highest BCUT2D eigenvalue weighted by Gasteiger charge is 2.19. The Kier molecular flexibility index (Phi) is 4.66. The molecule has 0 spiro atoms. The molecule has 0 aliphatic heterocycles. The van der Waals surface area contributed by atoms with Crippen molar-refractivity contribution in [1.82, 2.24) is 29.3 Å². The highest BCUT2D eigenvalue weighted by molar-refractivity contribution is 5.97. The largest absolute Gasteiger partial charge is 0.364 e. The summed E-state index contributed by atoms with van der Waals surface area (Å²) in [4.78, 5) is 21.7. The summed E-state index contributed by atoms with van der Waals surface area (Å²) >= 11 is 0. The summed E-state index contributed by atoms with van der Waals surface area (Å²) in [5.74, 6) is 0.389. The molecular weight excluding hydrogens is 411 g/mol. The van der Waals surface area contributed by atoms with Crippen LogP contribution in [0.25, 0.3) is 28.3 Å². The lowest BCUT2D eigenvalue weighted by molar-refractivity contribution is 0.0991. The quantitative estimate of drug-likeness (QED) is 0.392. The highest BCUT2D eigenvalue weighted by atomic mass is 19.1. The average molecular weight is 430 g/mol. The first kappa shape index (κ1) is 19.8. The maximum absolute atomic E-state index is 13.4. The van der Waals surface area contributed by atoms with E-state index in [2.05, 4.69) is 15.1 Å². The van der Waals surface area contributed by atoms with E-state index < -0.39 is 0 Å². The third-order valence-electron chi connectivity index (χ3n) is 5.44. The minimum absolute atomic E-state index is 0.117. The van der Waals surface area contributed by atoms with E-state index in [1.165, 1.54) is 18.4 Å². The second kappa shape index (κ2) is 7.52. The molecule has 5 aromatic rings. The third-order valence-corrected chi connectivity index (χ3v) is 5.44.